The SMILES string of the molecule is CCCCCCCCCCCCCCCCNCCCCCCO[C@H]1[C@@H](O)[C@H](n2ccc(N)nc2=O)O[C@@H]1CO. The van der Waals surface area contributed by atoms with Crippen molar-refractivity contribution in [3.63, 3.8) is 0 Å². The van der Waals surface area contributed by atoms with Crippen LogP contribution in [0.1, 0.15) is 129 Å². The first-order chi connectivity index (χ1) is 19.6. The molecule has 0 radical (unpaired) electrons. The topological polar surface area (TPSA) is 132 Å². The zero-order chi connectivity index (χ0) is 28.8. The van der Waals surface area contributed by atoms with E-state index in [1.807, 2.05) is 0 Å². The fraction of sp³-hybridized carbons (Fsp3) is 0.871. The first-order valence-corrected chi connectivity index (χ1v) is 16.2. The molecule has 4 atom stereocenters. The number of nitrogens with two attached hydrogens (primary N) is 1. The number of unbranched alkanes of at least 4 members (excludes halogenated alkanes) is 16. The first-order valence-electron chi connectivity index (χ1n) is 16.2. The summed E-state index contributed by atoms with van der Waals surface area (Å²) in [7, 11) is 0. The summed E-state index contributed by atoms with van der Waals surface area (Å²) in [6.07, 6.45) is 21.6. The number of aliphatic hydroxyl groups is 2. The molecule has 1 aliphatic heterocycles. The van der Waals surface area contributed by atoms with Gasteiger partial charge in [0.2, 0.25) is 0 Å². The lowest BCUT2D eigenvalue weighted by molar-refractivity contribution is -0.0625. The van der Waals surface area contributed by atoms with Gasteiger partial charge < -0.3 is 30.7 Å². The molecule has 232 valence electrons. The standard InChI is InChI=1S/C31H58N4O5/c1-2-3-4-5-6-7-8-9-10-11-12-13-14-17-21-33-22-18-15-16-19-24-39-29-26(25-36)40-30(28(29)37)35-23-20-27(32)34-31(35)38/h20,23,26,28-30,33,36-37H,2-19,21-22,24-25H2,1H3,(H2,32,34,38)/t26-,28-,29-,30-/m1/s1. The predicted molar refractivity (Wildman–Crippen MR) is 161 cm³/mol. The Hall–Kier alpha value is -1.52. The normalized spacial score (nSPS) is 20.9. The molecule has 1 aliphatic rings. The van der Waals surface area contributed by atoms with E-state index in [-0.39, 0.29) is 12.4 Å². The lowest BCUT2D eigenvalue weighted by Gasteiger charge is -2.20. The van der Waals surface area contributed by atoms with E-state index in [1.54, 1.807) is 0 Å². The molecule has 2 heterocycles. The van der Waals surface area contributed by atoms with E-state index in [2.05, 4.69) is 17.2 Å². The van der Waals surface area contributed by atoms with E-state index in [9.17, 15) is 15.0 Å². The van der Waals surface area contributed by atoms with Gasteiger partial charge in [-0.05, 0) is 38.4 Å². The Morgan fingerprint density at radius 3 is 1.95 bits per heavy atom. The van der Waals surface area contributed by atoms with Crippen LogP contribution in [0.3, 0.4) is 0 Å². The summed E-state index contributed by atoms with van der Waals surface area (Å²) in [5, 5.41) is 23.9. The van der Waals surface area contributed by atoms with Crippen molar-refractivity contribution in [1.29, 1.82) is 0 Å². The Labute approximate surface area is 242 Å². The van der Waals surface area contributed by atoms with Crippen LogP contribution in [0, 0.1) is 0 Å². The summed E-state index contributed by atoms with van der Waals surface area (Å²) in [5.74, 6) is 0.102. The zero-order valence-corrected chi connectivity index (χ0v) is 25.1. The molecule has 40 heavy (non-hydrogen) atoms. The van der Waals surface area contributed by atoms with Crippen LogP contribution in [0.2, 0.25) is 0 Å². The summed E-state index contributed by atoms with van der Waals surface area (Å²) >= 11 is 0. The molecule has 0 aliphatic carbocycles. The van der Waals surface area contributed by atoms with E-state index in [0.717, 1.165) is 38.8 Å². The lowest BCUT2D eigenvalue weighted by atomic mass is 10.0. The van der Waals surface area contributed by atoms with Gasteiger partial charge in [0, 0.05) is 12.8 Å². The summed E-state index contributed by atoms with van der Waals surface area (Å²) in [4.78, 5) is 15.8. The Balaban J connectivity index is 1.38. The maximum absolute atomic E-state index is 12.1. The highest BCUT2D eigenvalue weighted by atomic mass is 16.6. The second-order valence-electron chi connectivity index (χ2n) is 11.4. The number of anilines is 1. The Morgan fingerprint density at radius 1 is 0.900 bits per heavy atom. The molecular weight excluding hydrogens is 508 g/mol. The van der Waals surface area contributed by atoms with Gasteiger partial charge in [0.05, 0.1) is 6.61 Å². The van der Waals surface area contributed by atoms with Crippen molar-refractivity contribution in [2.24, 2.45) is 0 Å². The molecule has 1 aromatic heterocycles. The van der Waals surface area contributed by atoms with Gasteiger partial charge in [0.25, 0.3) is 0 Å². The third kappa shape index (κ3) is 13.9. The highest BCUT2D eigenvalue weighted by Gasteiger charge is 2.45. The van der Waals surface area contributed by atoms with Crippen LogP contribution in [0.15, 0.2) is 17.1 Å². The minimum Gasteiger partial charge on any atom is -0.394 e. The number of hydrogen-bond donors (Lipinski definition) is 4. The van der Waals surface area contributed by atoms with Crippen LogP contribution in [0.25, 0.3) is 0 Å². The van der Waals surface area contributed by atoms with Crippen LogP contribution in [-0.4, -0.2) is 64.4 Å². The maximum atomic E-state index is 12.1. The molecule has 0 unspecified atom stereocenters. The number of nitrogens with zero attached hydrogens (tertiary/aromatic N) is 2. The predicted octanol–water partition coefficient (Wildman–Crippen LogP) is 5.09. The fourth-order valence-electron chi connectivity index (χ4n) is 5.42. The van der Waals surface area contributed by atoms with E-state index < -0.39 is 30.2 Å². The van der Waals surface area contributed by atoms with Crippen molar-refractivity contribution < 1.29 is 19.7 Å². The highest BCUT2D eigenvalue weighted by molar-refractivity contribution is 5.23. The van der Waals surface area contributed by atoms with E-state index in [4.69, 9.17) is 15.2 Å². The number of aromatic nitrogens is 2. The lowest BCUT2D eigenvalue weighted by Crippen LogP contribution is -2.38. The van der Waals surface area contributed by atoms with Crippen molar-refractivity contribution in [3.05, 3.63) is 22.7 Å². The van der Waals surface area contributed by atoms with Crippen LogP contribution < -0.4 is 16.7 Å². The molecule has 1 saturated heterocycles. The molecule has 1 fully saturated rings. The number of ether oxygens (including phenoxy) is 2. The number of hydrogen-bond acceptors (Lipinski definition) is 8. The minimum absolute atomic E-state index is 0.102. The zero-order valence-electron chi connectivity index (χ0n) is 25.1. The molecule has 0 bridgehead atoms. The van der Waals surface area contributed by atoms with Crippen LogP contribution in [0.4, 0.5) is 5.82 Å². The Kier molecular flexibility index (Phi) is 19.2. The molecule has 9 nitrogen and oxygen atoms in total. The van der Waals surface area contributed by atoms with Crippen LogP contribution >= 0.6 is 0 Å². The summed E-state index contributed by atoms with van der Waals surface area (Å²) in [5.41, 5.74) is 4.93. The summed E-state index contributed by atoms with van der Waals surface area (Å²) in [6, 6.07) is 1.47. The van der Waals surface area contributed by atoms with Gasteiger partial charge >= 0.3 is 5.69 Å². The first kappa shape index (κ1) is 34.7. The van der Waals surface area contributed by atoms with Crippen molar-refractivity contribution in [2.75, 3.05) is 32.0 Å². The van der Waals surface area contributed by atoms with Crippen LogP contribution in [-0.2, 0) is 9.47 Å². The van der Waals surface area contributed by atoms with Gasteiger partial charge in [-0.15, -0.1) is 0 Å². The van der Waals surface area contributed by atoms with Gasteiger partial charge in [0.15, 0.2) is 6.23 Å². The summed E-state index contributed by atoms with van der Waals surface area (Å²) < 4.78 is 12.7. The van der Waals surface area contributed by atoms with Crippen molar-refractivity contribution in [2.45, 2.75) is 147 Å². The largest absolute Gasteiger partial charge is 0.394 e. The molecule has 0 aromatic carbocycles. The molecule has 2 rings (SSSR count). The Morgan fingerprint density at radius 2 is 1.43 bits per heavy atom. The molecule has 0 spiro atoms. The fourth-order valence-corrected chi connectivity index (χ4v) is 5.42. The molecule has 9 heteroatoms. The second-order valence-corrected chi connectivity index (χ2v) is 11.4. The molecule has 5 N–H and O–H groups in total. The number of nitrogen functional groups attached to an aromatic ring is 1. The molecule has 0 amide bonds. The van der Waals surface area contributed by atoms with Gasteiger partial charge in [-0.1, -0.05) is 103 Å². The van der Waals surface area contributed by atoms with Gasteiger partial charge in [-0.25, -0.2) is 4.79 Å². The Bertz CT molecular complexity index is 808. The van der Waals surface area contributed by atoms with Gasteiger partial charge in [-0.2, -0.15) is 4.98 Å². The number of rotatable bonds is 25. The van der Waals surface area contributed by atoms with E-state index in [1.165, 1.54) is 107 Å². The minimum atomic E-state index is -1.08. The smallest absolute Gasteiger partial charge is 0.351 e. The molecule has 0 saturated carbocycles. The van der Waals surface area contributed by atoms with Crippen molar-refractivity contribution in [3.8, 4) is 0 Å². The average Bonchev–Trinajstić information content (AvgIpc) is 3.26. The number of nitrogens with one attached hydrogen (secondary N) is 1. The van der Waals surface area contributed by atoms with Crippen molar-refractivity contribution >= 4 is 5.82 Å². The van der Waals surface area contributed by atoms with Gasteiger partial charge in [0.1, 0.15) is 24.1 Å². The third-order valence-corrected chi connectivity index (χ3v) is 7.88. The summed E-state index contributed by atoms with van der Waals surface area (Å²) in [6.45, 7) is 4.60. The van der Waals surface area contributed by atoms with Crippen molar-refractivity contribution in [1.82, 2.24) is 14.9 Å². The second kappa shape index (κ2) is 22.1. The third-order valence-electron chi connectivity index (χ3n) is 7.88. The maximum Gasteiger partial charge on any atom is 0.351 e. The quantitative estimate of drug-likeness (QED) is 0.120. The number of aliphatic hydroxyl groups excluding tert-OH is 2. The van der Waals surface area contributed by atoms with Gasteiger partial charge in [-0.3, -0.25) is 4.57 Å². The average molecular weight is 567 g/mol. The highest BCUT2D eigenvalue weighted by Crippen LogP contribution is 2.30. The van der Waals surface area contributed by atoms with Crippen LogP contribution in [0.5, 0.6) is 0 Å². The van der Waals surface area contributed by atoms with E-state index >= 15 is 0 Å². The molecular formula is C31H58N4O5. The van der Waals surface area contributed by atoms with E-state index in [0.29, 0.717) is 6.61 Å². The monoisotopic (exact) mass is 566 g/mol. The molecule has 1 aromatic rings.